The lowest BCUT2D eigenvalue weighted by atomic mass is 10.1. The summed E-state index contributed by atoms with van der Waals surface area (Å²) >= 11 is 0. The van der Waals surface area contributed by atoms with Gasteiger partial charge >= 0.3 is 0 Å². The number of amides is 2. The number of furan rings is 1. The molecule has 3 rings (SSSR count). The van der Waals surface area contributed by atoms with Gasteiger partial charge in [0, 0.05) is 11.6 Å². The number of hydrogen-bond donors (Lipinski definition) is 2. The maximum absolute atomic E-state index is 12.9. The third-order valence-electron chi connectivity index (χ3n) is 4.60. The van der Waals surface area contributed by atoms with Gasteiger partial charge in [-0.15, -0.1) is 0 Å². The smallest absolute Gasteiger partial charge is 0.268 e. The number of aryl methyl sites for hydroxylation is 1. The molecular weight excluding hydrogens is 380 g/mol. The van der Waals surface area contributed by atoms with Gasteiger partial charge in [-0.3, -0.25) is 9.59 Å². The minimum absolute atomic E-state index is 0.0877. The number of carbonyl (C=O) groups excluding carboxylic acids is 2. The number of hydrogen-bond acceptors (Lipinski definition) is 4. The summed E-state index contributed by atoms with van der Waals surface area (Å²) in [6.45, 7) is 3.89. The second kappa shape index (κ2) is 9.60. The van der Waals surface area contributed by atoms with Crippen LogP contribution in [0, 0.1) is 6.92 Å². The molecule has 0 saturated carbocycles. The monoisotopic (exact) mass is 404 g/mol. The number of rotatable bonds is 7. The Hall–Kier alpha value is -3.80. The van der Waals surface area contributed by atoms with Crippen LogP contribution in [0.5, 0.6) is 5.75 Å². The summed E-state index contributed by atoms with van der Waals surface area (Å²) in [5, 5.41) is 5.60. The van der Waals surface area contributed by atoms with Gasteiger partial charge in [0.1, 0.15) is 17.2 Å². The molecule has 2 amide bonds. The summed E-state index contributed by atoms with van der Waals surface area (Å²) in [6.07, 6.45) is 3.00. The molecule has 0 saturated heterocycles. The molecule has 0 fully saturated rings. The third-order valence-corrected chi connectivity index (χ3v) is 4.60. The van der Waals surface area contributed by atoms with Crippen molar-refractivity contribution in [3.63, 3.8) is 0 Å². The van der Waals surface area contributed by atoms with Crippen molar-refractivity contribution in [1.82, 2.24) is 10.6 Å². The lowest BCUT2D eigenvalue weighted by Crippen LogP contribution is -2.36. The Morgan fingerprint density at radius 2 is 1.73 bits per heavy atom. The van der Waals surface area contributed by atoms with Crippen LogP contribution >= 0.6 is 0 Å². The molecule has 1 heterocycles. The highest BCUT2D eigenvalue weighted by Gasteiger charge is 2.18. The Balaban J connectivity index is 1.78. The summed E-state index contributed by atoms with van der Waals surface area (Å²) in [5.74, 6) is 0.274. The van der Waals surface area contributed by atoms with Gasteiger partial charge in [0.25, 0.3) is 11.8 Å². The molecular formula is C24H24N2O4. The quantitative estimate of drug-likeness (QED) is 0.577. The maximum Gasteiger partial charge on any atom is 0.268 e. The first-order valence-corrected chi connectivity index (χ1v) is 9.54. The average Bonchev–Trinajstić information content (AvgIpc) is 3.26. The van der Waals surface area contributed by atoms with Crippen molar-refractivity contribution >= 4 is 17.9 Å². The van der Waals surface area contributed by atoms with E-state index >= 15 is 0 Å². The Labute approximate surface area is 175 Å². The molecule has 0 aliphatic carbocycles. The van der Waals surface area contributed by atoms with Gasteiger partial charge in [0.2, 0.25) is 0 Å². The SMILES string of the molecule is COc1ccc(C(=O)N/C(=C\c2ccco2)C(=O)NC(C)c2ccc(C)cc2)cc1. The van der Waals surface area contributed by atoms with E-state index in [9.17, 15) is 9.59 Å². The van der Waals surface area contributed by atoms with Crippen LogP contribution < -0.4 is 15.4 Å². The molecule has 2 N–H and O–H groups in total. The summed E-state index contributed by atoms with van der Waals surface area (Å²) in [7, 11) is 1.55. The predicted octanol–water partition coefficient (Wildman–Crippen LogP) is 4.24. The average molecular weight is 404 g/mol. The van der Waals surface area contributed by atoms with Gasteiger partial charge in [0.15, 0.2) is 0 Å². The standard InChI is InChI=1S/C24H24N2O4/c1-16-6-8-18(9-7-16)17(2)25-24(28)22(15-21-5-4-14-30-21)26-23(27)19-10-12-20(29-3)13-11-19/h4-15,17H,1-3H3,(H,25,28)(H,26,27)/b22-15-. The predicted molar refractivity (Wildman–Crippen MR) is 115 cm³/mol. The van der Waals surface area contributed by atoms with Crippen molar-refractivity contribution in [1.29, 1.82) is 0 Å². The molecule has 154 valence electrons. The van der Waals surface area contributed by atoms with Crippen LogP contribution in [0.4, 0.5) is 0 Å². The van der Waals surface area contributed by atoms with E-state index in [1.54, 1.807) is 43.5 Å². The van der Waals surface area contributed by atoms with Crippen LogP contribution in [0.15, 0.2) is 77.0 Å². The summed E-state index contributed by atoms with van der Waals surface area (Å²) in [5.41, 5.74) is 2.60. The van der Waals surface area contributed by atoms with Gasteiger partial charge in [-0.25, -0.2) is 0 Å². The van der Waals surface area contributed by atoms with Crippen molar-refractivity contribution in [3.05, 3.63) is 95.1 Å². The Bertz CT molecular complexity index is 1020. The summed E-state index contributed by atoms with van der Waals surface area (Å²) < 4.78 is 10.4. The highest BCUT2D eigenvalue weighted by atomic mass is 16.5. The van der Waals surface area contributed by atoms with Crippen molar-refractivity contribution < 1.29 is 18.7 Å². The van der Waals surface area contributed by atoms with E-state index in [0.717, 1.165) is 11.1 Å². The lowest BCUT2D eigenvalue weighted by molar-refractivity contribution is -0.118. The second-order valence-corrected chi connectivity index (χ2v) is 6.86. The molecule has 2 aromatic carbocycles. The van der Waals surface area contributed by atoms with Crippen LogP contribution in [0.3, 0.4) is 0 Å². The largest absolute Gasteiger partial charge is 0.497 e. The normalized spacial score (nSPS) is 12.2. The van der Waals surface area contributed by atoms with E-state index in [4.69, 9.17) is 9.15 Å². The number of ether oxygens (including phenoxy) is 1. The minimum Gasteiger partial charge on any atom is -0.497 e. The molecule has 0 spiro atoms. The third kappa shape index (κ3) is 5.38. The highest BCUT2D eigenvalue weighted by molar-refractivity contribution is 6.05. The van der Waals surface area contributed by atoms with E-state index < -0.39 is 11.8 Å². The van der Waals surface area contributed by atoms with Crippen molar-refractivity contribution in [2.24, 2.45) is 0 Å². The fraction of sp³-hybridized carbons (Fsp3) is 0.167. The molecule has 1 atom stereocenters. The van der Waals surface area contributed by atoms with Crippen LogP contribution in [0.1, 0.15) is 40.2 Å². The van der Waals surface area contributed by atoms with Crippen LogP contribution in [-0.2, 0) is 4.79 Å². The number of methoxy groups -OCH3 is 1. The van der Waals surface area contributed by atoms with E-state index in [2.05, 4.69) is 10.6 Å². The van der Waals surface area contributed by atoms with Crippen LogP contribution in [0.2, 0.25) is 0 Å². The molecule has 30 heavy (non-hydrogen) atoms. The summed E-state index contributed by atoms with van der Waals surface area (Å²) in [6, 6.07) is 17.7. The van der Waals surface area contributed by atoms with Crippen LogP contribution in [0.25, 0.3) is 6.08 Å². The number of carbonyl (C=O) groups is 2. The minimum atomic E-state index is -0.415. The van der Waals surface area contributed by atoms with E-state index in [1.165, 1.54) is 12.3 Å². The molecule has 1 aromatic heterocycles. The first-order chi connectivity index (χ1) is 14.5. The van der Waals surface area contributed by atoms with Gasteiger partial charge < -0.3 is 19.8 Å². The first-order valence-electron chi connectivity index (χ1n) is 9.54. The first kappa shape index (κ1) is 20.9. The van der Waals surface area contributed by atoms with Crippen molar-refractivity contribution in [2.45, 2.75) is 19.9 Å². The van der Waals surface area contributed by atoms with Gasteiger partial charge in [-0.2, -0.15) is 0 Å². The molecule has 0 aliphatic rings. The van der Waals surface area contributed by atoms with Crippen LogP contribution in [-0.4, -0.2) is 18.9 Å². The molecule has 0 radical (unpaired) electrons. The maximum atomic E-state index is 12.9. The van der Waals surface area contributed by atoms with Gasteiger partial charge in [0.05, 0.1) is 19.4 Å². The second-order valence-electron chi connectivity index (χ2n) is 6.86. The number of benzene rings is 2. The van der Waals surface area contributed by atoms with Gasteiger partial charge in [-0.05, 0) is 55.8 Å². The Morgan fingerprint density at radius 1 is 1.03 bits per heavy atom. The topological polar surface area (TPSA) is 80.6 Å². The molecule has 0 aliphatic heterocycles. The zero-order chi connectivity index (χ0) is 21.5. The molecule has 1 unspecified atom stereocenters. The highest BCUT2D eigenvalue weighted by Crippen LogP contribution is 2.15. The van der Waals surface area contributed by atoms with E-state index in [-0.39, 0.29) is 11.7 Å². The molecule has 6 heteroatoms. The zero-order valence-corrected chi connectivity index (χ0v) is 17.1. The fourth-order valence-electron chi connectivity index (χ4n) is 2.82. The molecule has 3 aromatic rings. The molecule has 6 nitrogen and oxygen atoms in total. The summed E-state index contributed by atoms with van der Waals surface area (Å²) in [4.78, 5) is 25.6. The van der Waals surface area contributed by atoms with E-state index in [0.29, 0.717) is 17.1 Å². The number of nitrogens with one attached hydrogen (secondary N) is 2. The van der Waals surface area contributed by atoms with Gasteiger partial charge in [-0.1, -0.05) is 29.8 Å². The fourth-order valence-corrected chi connectivity index (χ4v) is 2.82. The van der Waals surface area contributed by atoms with E-state index in [1.807, 2.05) is 38.1 Å². The lowest BCUT2D eigenvalue weighted by Gasteiger charge is -2.17. The van der Waals surface area contributed by atoms with Crippen molar-refractivity contribution in [3.8, 4) is 5.75 Å². The Morgan fingerprint density at radius 3 is 2.33 bits per heavy atom. The van der Waals surface area contributed by atoms with Crippen molar-refractivity contribution in [2.75, 3.05) is 7.11 Å². The Kier molecular flexibility index (Phi) is 6.70. The molecule has 0 bridgehead atoms. The zero-order valence-electron chi connectivity index (χ0n) is 17.1.